The quantitative estimate of drug-likeness (QED) is 0.786. The summed E-state index contributed by atoms with van der Waals surface area (Å²) >= 11 is 0. The minimum absolute atomic E-state index is 0.330. The summed E-state index contributed by atoms with van der Waals surface area (Å²) in [4.78, 5) is 6.64. The van der Waals surface area contributed by atoms with Gasteiger partial charge in [-0.1, -0.05) is 11.6 Å². The molecule has 0 spiro atoms. The summed E-state index contributed by atoms with van der Waals surface area (Å²) < 4.78 is 4.95. The topological polar surface area (TPSA) is 68.2 Å². The van der Waals surface area contributed by atoms with Crippen molar-refractivity contribution in [3.05, 3.63) is 11.7 Å². The molecule has 2 N–H and O–H groups in total. The Morgan fingerprint density at radius 3 is 2.73 bits per heavy atom. The smallest absolute Gasteiger partial charge is 0.240 e. The van der Waals surface area contributed by atoms with Crippen molar-refractivity contribution < 1.29 is 4.52 Å². The normalized spacial score (nSPS) is 18.2. The second kappa shape index (κ2) is 5.23. The van der Waals surface area contributed by atoms with Gasteiger partial charge in [-0.05, 0) is 25.9 Å². The molecule has 1 aromatic heterocycles. The van der Waals surface area contributed by atoms with Gasteiger partial charge in [0.1, 0.15) is 0 Å². The summed E-state index contributed by atoms with van der Waals surface area (Å²) in [6.45, 7) is 3.78. The van der Waals surface area contributed by atoms with Crippen molar-refractivity contribution in [1.29, 1.82) is 0 Å². The highest BCUT2D eigenvalue weighted by molar-refractivity contribution is 4.86. The van der Waals surface area contributed by atoms with Crippen LogP contribution in [0.5, 0.6) is 0 Å². The third kappa shape index (κ3) is 3.00. The summed E-state index contributed by atoms with van der Waals surface area (Å²) in [5, 5.41) is 3.88. The molecule has 2 heterocycles. The van der Waals surface area contributed by atoms with Gasteiger partial charge < -0.3 is 15.2 Å². The standard InChI is InChI=1S/C10H18N4O/c11-8-10-12-9(13-15-10)4-7-14-5-2-1-3-6-14/h1-8,11H2. The molecule has 0 aliphatic carbocycles. The number of rotatable bonds is 4. The van der Waals surface area contributed by atoms with Gasteiger partial charge in [-0.25, -0.2) is 0 Å². The van der Waals surface area contributed by atoms with Crippen LogP contribution in [0.25, 0.3) is 0 Å². The van der Waals surface area contributed by atoms with E-state index in [4.69, 9.17) is 10.3 Å². The zero-order valence-electron chi connectivity index (χ0n) is 8.98. The van der Waals surface area contributed by atoms with Gasteiger partial charge in [-0.3, -0.25) is 0 Å². The van der Waals surface area contributed by atoms with Crippen molar-refractivity contribution in [2.75, 3.05) is 19.6 Å². The van der Waals surface area contributed by atoms with E-state index in [-0.39, 0.29) is 0 Å². The maximum Gasteiger partial charge on any atom is 0.240 e. The lowest BCUT2D eigenvalue weighted by atomic mass is 10.1. The first-order valence-corrected chi connectivity index (χ1v) is 5.62. The number of piperidine rings is 1. The predicted molar refractivity (Wildman–Crippen MR) is 56.2 cm³/mol. The zero-order chi connectivity index (χ0) is 10.5. The van der Waals surface area contributed by atoms with Crippen LogP contribution in [0.1, 0.15) is 31.0 Å². The molecule has 1 aliphatic heterocycles. The van der Waals surface area contributed by atoms with Crippen LogP contribution in [0.2, 0.25) is 0 Å². The molecule has 0 radical (unpaired) electrons. The van der Waals surface area contributed by atoms with E-state index in [1.807, 2.05) is 0 Å². The van der Waals surface area contributed by atoms with Crippen LogP contribution >= 0.6 is 0 Å². The SMILES string of the molecule is NCc1nc(CCN2CCCCC2)no1. The molecular weight excluding hydrogens is 192 g/mol. The third-order valence-corrected chi connectivity index (χ3v) is 2.79. The lowest BCUT2D eigenvalue weighted by Gasteiger charge is -2.25. The number of hydrogen-bond donors (Lipinski definition) is 1. The Labute approximate surface area is 89.6 Å². The zero-order valence-corrected chi connectivity index (χ0v) is 8.98. The fourth-order valence-corrected chi connectivity index (χ4v) is 1.92. The Kier molecular flexibility index (Phi) is 3.69. The maximum atomic E-state index is 5.40. The molecule has 5 nitrogen and oxygen atoms in total. The first-order chi connectivity index (χ1) is 7.38. The summed E-state index contributed by atoms with van der Waals surface area (Å²) in [6, 6.07) is 0. The van der Waals surface area contributed by atoms with Gasteiger partial charge in [0.05, 0.1) is 6.54 Å². The highest BCUT2D eigenvalue weighted by atomic mass is 16.5. The van der Waals surface area contributed by atoms with E-state index < -0.39 is 0 Å². The molecule has 1 aromatic rings. The van der Waals surface area contributed by atoms with Crippen molar-refractivity contribution in [3.8, 4) is 0 Å². The molecule has 0 saturated carbocycles. The van der Waals surface area contributed by atoms with Crippen LogP contribution < -0.4 is 5.73 Å². The summed E-state index contributed by atoms with van der Waals surface area (Å²) in [6.07, 6.45) is 4.88. The van der Waals surface area contributed by atoms with E-state index in [0.29, 0.717) is 12.4 Å². The molecule has 0 unspecified atom stereocenters. The van der Waals surface area contributed by atoms with Crippen molar-refractivity contribution in [3.63, 3.8) is 0 Å². The van der Waals surface area contributed by atoms with E-state index in [2.05, 4.69) is 15.0 Å². The predicted octanol–water partition coefficient (Wildman–Crippen LogP) is 0.557. The highest BCUT2D eigenvalue weighted by Crippen LogP contribution is 2.09. The van der Waals surface area contributed by atoms with Gasteiger partial charge in [0.2, 0.25) is 5.89 Å². The molecule has 15 heavy (non-hydrogen) atoms. The van der Waals surface area contributed by atoms with E-state index in [1.54, 1.807) is 0 Å². The third-order valence-electron chi connectivity index (χ3n) is 2.79. The fourth-order valence-electron chi connectivity index (χ4n) is 1.92. The number of nitrogens with two attached hydrogens (primary N) is 1. The molecule has 2 rings (SSSR count). The lowest BCUT2D eigenvalue weighted by Crippen LogP contribution is -2.31. The number of nitrogens with zero attached hydrogens (tertiary/aromatic N) is 3. The van der Waals surface area contributed by atoms with E-state index in [0.717, 1.165) is 18.8 Å². The first kappa shape index (κ1) is 10.6. The van der Waals surface area contributed by atoms with E-state index >= 15 is 0 Å². The Balaban J connectivity index is 1.76. The van der Waals surface area contributed by atoms with Crippen LogP contribution in [-0.4, -0.2) is 34.7 Å². The number of aromatic nitrogens is 2. The van der Waals surface area contributed by atoms with E-state index in [1.165, 1.54) is 32.4 Å². The summed E-state index contributed by atoms with van der Waals surface area (Å²) in [5.41, 5.74) is 5.40. The largest absolute Gasteiger partial charge is 0.338 e. The van der Waals surface area contributed by atoms with Crippen molar-refractivity contribution in [1.82, 2.24) is 15.0 Å². The van der Waals surface area contributed by atoms with Gasteiger partial charge in [0, 0.05) is 13.0 Å². The fraction of sp³-hybridized carbons (Fsp3) is 0.800. The summed E-state index contributed by atoms with van der Waals surface area (Å²) in [5.74, 6) is 1.31. The number of hydrogen-bond acceptors (Lipinski definition) is 5. The monoisotopic (exact) mass is 210 g/mol. The average molecular weight is 210 g/mol. The highest BCUT2D eigenvalue weighted by Gasteiger charge is 2.11. The minimum Gasteiger partial charge on any atom is -0.338 e. The second-order valence-electron chi connectivity index (χ2n) is 3.96. The van der Waals surface area contributed by atoms with Crippen LogP contribution in [0, 0.1) is 0 Å². The molecule has 1 saturated heterocycles. The minimum atomic E-state index is 0.330. The Bertz CT molecular complexity index is 293. The maximum absolute atomic E-state index is 5.40. The van der Waals surface area contributed by atoms with Crippen molar-refractivity contribution in [2.24, 2.45) is 5.73 Å². The molecule has 1 fully saturated rings. The van der Waals surface area contributed by atoms with Crippen LogP contribution in [0.15, 0.2) is 4.52 Å². The van der Waals surface area contributed by atoms with Crippen LogP contribution in [0.3, 0.4) is 0 Å². The Hall–Kier alpha value is -0.940. The molecule has 0 aromatic carbocycles. The average Bonchev–Trinajstić information content (AvgIpc) is 2.76. The van der Waals surface area contributed by atoms with Crippen LogP contribution in [0.4, 0.5) is 0 Å². The molecule has 0 amide bonds. The molecule has 1 aliphatic rings. The van der Waals surface area contributed by atoms with Gasteiger partial charge in [-0.2, -0.15) is 4.98 Å². The summed E-state index contributed by atoms with van der Waals surface area (Å²) in [7, 11) is 0. The van der Waals surface area contributed by atoms with Gasteiger partial charge in [0.15, 0.2) is 5.82 Å². The molecule has 0 atom stereocenters. The molecular formula is C10H18N4O. The Morgan fingerprint density at radius 1 is 1.27 bits per heavy atom. The molecule has 0 bridgehead atoms. The van der Waals surface area contributed by atoms with Gasteiger partial charge in [-0.15, -0.1) is 0 Å². The van der Waals surface area contributed by atoms with Crippen LogP contribution in [-0.2, 0) is 13.0 Å². The molecule has 84 valence electrons. The second-order valence-corrected chi connectivity index (χ2v) is 3.96. The number of likely N-dealkylation sites (tertiary alicyclic amines) is 1. The Morgan fingerprint density at radius 2 is 2.07 bits per heavy atom. The van der Waals surface area contributed by atoms with Crippen molar-refractivity contribution >= 4 is 0 Å². The van der Waals surface area contributed by atoms with E-state index in [9.17, 15) is 0 Å². The first-order valence-electron chi connectivity index (χ1n) is 5.62. The van der Waals surface area contributed by atoms with Gasteiger partial charge >= 0.3 is 0 Å². The van der Waals surface area contributed by atoms with Crippen molar-refractivity contribution in [2.45, 2.75) is 32.2 Å². The molecule has 5 heteroatoms. The lowest BCUT2D eigenvalue weighted by molar-refractivity contribution is 0.229. The van der Waals surface area contributed by atoms with Gasteiger partial charge in [0.25, 0.3) is 0 Å².